The Morgan fingerprint density at radius 2 is 2.05 bits per heavy atom. The third-order valence-corrected chi connectivity index (χ3v) is 3.24. The molecular weight excluding hydrogens is 306 g/mol. The Kier molecular flexibility index (Phi) is 5.81. The minimum Gasteiger partial charge on any atom is -0.455 e. The molecule has 0 bridgehead atoms. The first-order valence-electron chi connectivity index (χ1n) is 6.21. The first-order valence-corrected chi connectivity index (χ1v) is 7.20. The number of hydrogen-bond acceptors (Lipinski definition) is 8. The zero-order valence-corrected chi connectivity index (χ0v) is 12.2. The summed E-state index contributed by atoms with van der Waals surface area (Å²) >= 11 is 1.11. The molecule has 0 saturated heterocycles. The molecule has 0 atom stereocenters. The number of ether oxygens (including phenoxy) is 1. The molecule has 2 aromatic rings. The Bertz CT molecular complexity index is 653. The zero-order valence-electron chi connectivity index (χ0n) is 11.4. The summed E-state index contributed by atoms with van der Waals surface area (Å²) in [4.78, 5) is 34.9. The number of pyridine rings is 1. The van der Waals surface area contributed by atoms with Crippen molar-refractivity contribution in [1.82, 2.24) is 20.4 Å². The van der Waals surface area contributed by atoms with E-state index in [-0.39, 0.29) is 5.75 Å². The highest BCUT2D eigenvalue weighted by molar-refractivity contribution is 7.99. The van der Waals surface area contributed by atoms with Gasteiger partial charge < -0.3 is 4.74 Å². The lowest BCUT2D eigenvalue weighted by Gasteiger charge is -2.04. The smallest absolute Gasteiger partial charge is 0.316 e. The topological polar surface area (TPSA) is 120 Å². The summed E-state index contributed by atoms with van der Waals surface area (Å²) < 4.78 is 4.71. The molecule has 1 amide bonds. The normalized spacial score (nSPS) is 10.0. The summed E-state index contributed by atoms with van der Waals surface area (Å²) in [6.45, 7) is -0.412. The first kappa shape index (κ1) is 15.9. The third-order valence-electron chi connectivity index (χ3n) is 2.41. The fourth-order valence-corrected chi connectivity index (χ4v) is 2.05. The number of rotatable bonds is 6. The molecule has 8 nitrogen and oxygen atoms in total. The van der Waals surface area contributed by atoms with Crippen LogP contribution in [0.15, 0.2) is 41.8 Å². The molecule has 9 heteroatoms. The summed E-state index contributed by atoms with van der Waals surface area (Å²) in [5, 5.41) is 0.420. The second-order valence-electron chi connectivity index (χ2n) is 3.96. The van der Waals surface area contributed by atoms with Crippen molar-refractivity contribution in [1.29, 1.82) is 0 Å². The highest BCUT2D eigenvalue weighted by atomic mass is 32.2. The predicted octanol–water partition coefficient (Wildman–Crippen LogP) is 0.164. The maximum atomic E-state index is 11.5. The van der Waals surface area contributed by atoms with E-state index in [1.807, 2.05) is 23.6 Å². The van der Waals surface area contributed by atoms with E-state index in [4.69, 9.17) is 10.6 Å². The van der Waals surface area contributed by atoms with Crippen molar-refractivity contribution < 1.29 is 14.3 Å². The Hall–Kier alpha value is -2.52. The van der Waals surface area contributed by atoms with Crippen LogP contribution in [-0.4, -0.2) is 39.2 Å². The van der Waals surface area contributed by atoms with Crippen LogP contribution >= 0.6 is 11.8 Å². The van der Waals surface area contributed by atoms with Crippen molar-refractivity contribution in [3.8, 4) is 11.4 Å². The monoisotopic (exact) mass is 319 g/mol. The van der Waals surface area contributed by atoms with E-state index >= 15 is 0 Å². The summed E-state index contributed by atoms with van der Waals surface area (Å²) in [5.41, 5.74) is 3.24. The largest absolute Gasteiger partial charge is 0.455 e. The predicted molar refractivity (Wildman–Crippen MR) is 79.3 cm³/mol. The number of esters is 1. The molecule has 22 heavy (non-hydrogen) atoms. The lowest BCUT2D eigenvalue weighted by atomic mass is 10.3. The van der Waals surface area contributed by atoms with Gasteiger partial charge in [-0.05, 0) is 18.2 Å². The van der Waals surface area contributed by atoms with Crippen LogP contribution in [0.3, 0.4) is 0 Å². The van der Waals surface area contributed by atoms with E-state index in [1.54, 1.807) is 18.5 Å². The molecule has 0 spiro atoms. The maximum Gasteiger partial charge on any atom is 0.316 e. The van der Waals surface area contributed by atoms with Crippen LogP contribution in [0.4, 0.5) is 0 Å². The van der Waals surface area contributed by atoms with Gasteiger partial charge in [-0.3, -0.25) is 20.0 Å². The van der Waals surface area contributed by atoms with Crippen LogP contribution in [0, 0.1) is 0 Å². The van der Waals surface area contributed by atoms with E-state index in [0.29, 0.717) is 16.5 Å². The van der Waals surface area contributed by atoms with Crippen molar-refractivity contribution in [2.45, 2.75) is 5.16 Å². The van der Waals surface area contributed by atoms with Crippen LogP contribution in [0.25, 0.3) is 11.4 Å². The molecule has 0 aliphatic carbocycles. The SMILES string of the molecule is NNC(=O)COC(=O)CSc1nccc(-c2ccccn2)n1. The molecule has 0 aromatic carbocycles. The van der Waals surface area contributed by atoms with Gasteiger partial charge in [0.25, 0.3) is 5.91 Å². The second kappa shape index (κ2) is 8.05. The Morgan fingerprint density at radius 3 is 2.77 bits per heavy atom. The average molecular weight is 319 g/mol. The molecule has 114 valence electrons. The molecule has 0 radical (unpaired) electrons. The van der Waals surface area contributed by atoms with Crippen LogP contribution in [0.2, 0.25) is 0 Å². The van der Waals surface area contributed by atoms with Gasteiger partial charge in [0.2, 0.25) is 0 Å². The minimum absolute atomic E-state index is 0.0104. The summed E-state index contributed by atoms with van der Waals surface area (Å²) in [6, 6.07) is 7.23. The van der Waals surface area contributed by atoms with Crippen molar-refractivity contribution in [2.24, 2.45) is 5.84 Å². The Balaban J connectivity index is 1.91. The lowest BCUT2D eigenvalue weighted by Crippen LogP contribution is -2.34. The highest BCUT2D eigenvalue weighted by Crippen LogP contribution is 2.18. The number of hydrazine groups is 1. The van der Waals surface area contributed by atoms with E-state index in [1.165, 1.54) is 0 Å². The van der Waals surface area contributed by atoms with E-state index in [2.05, 4.69) is 15.0 Å². The Labute approximate surface area is 130 Å². The number of carbonyl (C=O) groups excluding carboxylic acids is 2. The van der Waals surface area contributed by atoms with Crippen molar-refractivity contribution >= 4 is 23.6 Å². The summed E-state index contributed by atoms with van der Waals surface area (Å²) in [5.74, 6) is 3.73. The van der Waals surface area contributed by atoms with Gasteiger partial charge in [-0.2, -0.15) is 0 Å². The van der Waals surface area contributed by atoms with E-state index in [0.717, 1.165) is 11.8 Å². The molecule has 3 N–H and O–H groups in total. The molecule has 0 unspecified atom stereocenters. The van der Waals surface area contributed by atoms with Crippen molar-refractivity contribution in [3.63, 3.8) is 0 Å². The number of nitrogens with zero attached hydrogens (tertiary/aromatic N) is 3. The Morgan fingerprint density at radius 1 is 1.18 bits per heavy atom. The van der Waals surface area contributed by atoms with E-state index < -0.39 is 18.5 Å². The average Bonchev–Trinajstić information content (AvgIpc) is 2.58. The van der Waals surface area contributed by atoms with Crippen LogP contribution in [-0.2, 0) is 14.3 Å². The van der Waals surface area contributed by atoms with Gasteiger partial charge in [0, 0.05) is 12.4 Å². The molecular formula is C13H13N5O3S. The first-order chi connectivity index (χ1) is 10.7. The summed E-state index contributed by atoms with van der Waals surface area (Å²) in [6.07, 6.45) is 3.26. The zero-order chi connectivity index (χ0) is 15.8. The quantitative estimate of drug-likeness (QED) is 0.193. The van der Waals surface area contributed by atoms with Gasteiger partial charge in [-0.1, -0.05) is 17.8 Å². The van der Waals surface area contributed by atoms with Gasteiger partial charge in [-0.15, -0.1) is 0 Å². The van der Waals surface area contributed by atoms with Gasteiger partial charge in [0.1, 0.15) is 0 Å². The van der Waals surface area contributed by atoms with Crippen LogP contribution < -0.4 is 11.3 Å². The minimum atomic E-state index is -0.577. The summed E-state index contributed by atoms with van der Waals surface area (Å²) in [7, 11) is 0. The highest BCUT2D eigenvalue weighted by Gasteiger charge is 2.09. The number of aromatic nitrogens is 3. The van der Waals surface area contributed by atoms with E-state index in [9.17, 15) is 9.59 Å². The second-order valence-corrected chi connectivity index (χ2v) is 4.90. The van der Waals surface area contributed by atoms with Crippen molar-refractivity contribution in [3.05, 3.63) is 36.7 Å². The van der Waals surface area contributed by atoms with Crippen molar-refractivity contribution in [2.75, 3.05) is 12.4 Å². The number of thioether (sulfide) groups is 1. The fraction of sp³-hybridized carbons (Fsp3) is 0.154. The molecule has 2 heterocycles. The molecule has 0 fully saturated rings. The lowest BCUT2D eigenvalue weighted by molar-refractivity contribution is -0.145. The van der Waals surface area contributed by atoms with Gasteiger partial charge >= 0.3 is 5.97 Å². The third kappa shape index (κ3) is 4.79. The molecule has 0 aliphatic heterocycles. The number of amides is 1. The van der Waals surface area contributed by atoms with Gasteiger partial charge in [-0.25, -0.2) is 15.8 Å². The van der Waals surface area contributed by atoms with Gasteiger partial charge in [0.05, 0.1) is 17.1 Å². The molecule has 2 rings (SSSR count). The van der Waals surface area contributed by atoms with Crippen LogP contribution in [0.1, 0.15) is 0 Å². The molecule has 2 aromatic heterocycles. The fourth-order valence-electron chi connectivity index (χ4n) is 1.42. The standard InChI is InChI=1S/C13H13N5O3S/c14-18-11(19)7-21-12(20)8-22-13-16-6-4-10(17-13)9-3-1-2-5-15-9/h1-6H,7-8,14H2,(H,18,19). The molecule has 0 saturated carbocycles. The van der Waals surface area contributed by atoms with Crippen LogP contribution in [0.5, 0.6) is 0 Å². The number of nitrogens with one attached hydrogen (secondary N) is 1. The number of nitrogens with two attached hydrogens (primary N) is 1. The number of hydrogen-bond donors (Lipinski definition) is 2. The van der Waals surface area contributed by atoms with Gasteiger partial charge in [0.15, 0.2) is 11.8 Å². The maximum absolute atomic E-state index is 11.5. The number of carbonyl (C=O) groups is 2. The molecule has 0 aliphatic rings.